The molecule has 6 nitrogen and oxygen atoms in total. The van der Waals surface area contributed by atoms with Gasteiger partial charge in [0.05, 0.1) is 22.7 Å². The van der Waals surface area contributed by atoms with Crippen LogP contribution in [0.15, 0.2) is 27.6 Å². The van der Waals surface area contributed by atoms with Crippen molar-refractivity contribution in [2.24, 2.45) is 0 Å². The summed E-state index contributed by atoms with van der Waals surface area (Å²) < 4.78 is 37.1. The van der Waals surface area contributed by atoms with E-state index in [0.29, 0.717) is 17.9 Å². The lowest BCUT2D eigenvalue weighted by Gasteiger charge is -2.09. The first-order chi connectivity index (χ1) is 10.3. The molecule has 120 valence electrons. The highest BCUT2D eigenvalue weighted by Gasteiger charge is 2.16. The van der Waals surface area contributed by atoms with Crippen molar-refractivity contribution in [3.8, 4) is 5.75 Å². The first-order valence-electron chi connectivity index (χ1n) is 6.60. The van der Waals surface area contributed by atoms with Crippen LogP contribution in [0.5, 0.6) is 5.75 Å². The molecule has 1 heterocycles. The number of hydrogen-bond acceptors (Lipinski definition) is 5. The van der Waals surface area contributed by atoms with E-state index < -0.39 is 10.0 Å². The Kier molecular flexibility index (Phi) is 5.10. The maximum absolute atomic E-state index is 12.2. The number of aromatic nitrogens is 1. The monoisotopic (exact) mass is 344 g/mol. The molecule has 8 heteroatoms. The Morgan fingerprint density at radius 1 is 1.36 bits per heavy atom. The predicted molar refractivity (Wildman–Crippen MR) is 82.9 cm³/mol. The van der Waals surface area contributed by atoms with Crippen LogP contribution in [0.2, 0.25) is 5.02 Å². The Hall–Kier alpha value is -1.57. The molecule has 22 heavy (non-hydrogen) atoms. The first-order valence-corrected chi connectivity index (χ1v) is 8.46. The molecule has 0 saturated heterocycles. The van der Waals surface area contributed by atoms with Crippen molar-refractivity contribution in [2.75, 3.05) is 13.7 Å². The molecule has 0 spiro atoms. The summed E-state index contributed by atoms with van der Waals surface area (Å²) in [5.41, 5.74) is 1.68. The van der Waals surface area contributed by atoms with Crippen LogP contribution in [-0.4, -0.2) is 27.2 Å². The number of nitrogens with zero attached hydrogens (tertiary/aromatic N) is 1. The highest BCUT2D eigenvalue weighted by atomic mass is 35.5. The third-order valence-corrected chi connectivity index (χ3v) is 5.04. The number of hydrogen-bond donors (Lipinski definition) is 1. The van der Waals surface area contributed by atoms with E-state index in [-0.39, 0.29) is 16.5 Å². The van der Waals surface area contributed by atoms with E-state index in [9.17, 15) is 8.42 Å². The topological polar surface area (TPSA) is 81.4 Å². The summed E-state index contributed by atoms with van der Waals surface area (Å²) >= 11 is 5.95. The number of aryl methyl sites for hydroxylation is 2. The lowest BCUT2D eigenvalue weighted by molar-refractivity contribution is 0.392. The SMILES string of the molecule is COc1ccc(S(=O)(=O)NCCc2c(C)noc2C)cc1Cl. The number of methoxy groups -OCH3 is 1. The predicted octanol–water partition coefficient (Wildman–Crippen LogP) is 2.47. The van der Waals surface area contributed by atoms with Gasteiger partial charge in [-0.2, -0.15) is 0 Å². The standard InChI is InChI=1S/C14H17ClN2O4S/c1-9-12(10(2)21-17-9)6-7-16-22(18,19)11-4-5-14(20-3)13(15)8-11/h4-5,8,16H,6-7H2,1-3H3. The van der Waals surface area contributed by atoms with Crippen LogP contribution in [0.3, 0.4) is 0 Å². The van der Waals surface area contributed by atoms with E-state index >= 15 is 0 Å². The number of benzene rings is 1. The van der Waals surface area contributed by atoms with E-state index in [0.717, 1.165) is 11.3 Å². The van der Waals surface area contributed by atoms with Crippen molar-refractivity contribution >= 4 is 21.6 Å². The fraction of sp³-hybridized carbons (Fsp3) is 0.357. The van der Waals surface area contributed by atoms with Crippen LogP contribution >= 0.6 is 11.6 Å². The minimum Gasteiger partial charge on any atom is -0.495 e. The van der Waals surface area contributed by atoms with Gasteiger partial charge in [-0.25, -0.2) is 13.1 Å². The minimum absolute atomic E-state index is 0.0945. The van der Waals surface area contributed by atoms with E-state index in [4.69, 9.17) is 20.9 Å². The summed E-state index contributed by atoms with van der Waals surface area (Å²) in [6.45, 7) is 3.87. The second-order valence-corrected chi connectivity index (χ2v) is 6.92. The molecule has 0 amide bonds. The summed E-state index contributed by atoms with van der Waals surface area (Å²) in [6.07, 6.45) is 0.504. The Bertz CT molecular complexity index is 752. The number of nitrogens with one attached hydrogen (secondary N) is 1. The van der Waals surface area contributed by atoms with Crippen molar-refractivity contribution in [1.29, 1.82) is 0 Å². The highest BCUT2D eigenvalue weighted by molar-refractivity contribution is 7.89. The van der Waals surface area contributed by atoms with Gasteiger partial charge in [0.15, 0.2) is 0 Å². The van der Waals surface area contributed by atoms with E-state index in [1.807, 2.05) is 6.92 Å². The Morgan fingerprint density at radius 3 is 2.64 bits per heavy atom. The zero-order valence-corrected chi connectivity index (χ0v) is 14.1. The summed E-state index contributed by atoms with van der Waals surface area (Å²) in [4.78, 5) is 0.0945. The van der Waals surface area contributed by atoms with Crippen LogP contribution in [0.1, 0.15) is 17.0 Å². The quantitative estimate of drug-likeness (QED) is 0.870. The van der Waals surface area contributed by atoms with Crippen molar-refractivity contribution in [1.82, 2.24) is 9.88 Å². The van der Waals surface area contributed by atoms with Gasteiger partial charge < -0.3 is 9.26 Å². The molecular weight excluding hydrogens is 328 g/mol. The van der Waals surface area contributed by atoms with Gasteiger partial charge in [-0.1, -0.05) is 16.8 Å². The van der Waals surface area contributed by atoms with Gasteiger partial charge >= 0.3 is 0 Å². The van der Waals surface area contributed by atoms with Gasteiger partial charge in [-0.15, -0.1) is 0 Å². The Morgan fingerprint density at radius 2 is 2.09 bits per heavy atom. The molecule has 0 bridgehead atoms. The fourth-order valence-electron chi connectivity index (χ4n) is 2.07. The van der Waals surface area contributed by atoms with E-state index in [2.05, 4.69) is 9.88 Å². The number of halogens is 1. The van der Waals surface area contributed by atoms with Crippen LogP contribution in [0.4, 0.5) is 0 Å². The third-order valence-electron chi connectivity index (χ3n) is 3.28. The molecule has 2 aromatic rings. The molecule has 0 aliphatic heterocycles. The van der Waals surface area contributed by atoms with Gasteiger partial charge in [-0.3, -0.25) is 0 Å². The molecule has 1 aromatic heterocycles. The second-order valence-electron chi connectivity index (χ2n) is 4.75. The van der Waals surface area contributed by atoms with Crippen LogP contribution in [-0.2, 0) is 16.4 Å². The third kappa shape index (κ3) is 3.60. The molecule has 1 N–H and O–H groups in total. The number of ether oxygens (including phenoxy) is 1. The second kappa shape index (κ2) is 6.68. The first kappa shape index (κ1) is 16.8. The molecule has 0 aliphatic carbocycles. The highest BCUT2D eigenvalue weighted by Crippen LogP contribution is 2.26. The zero-order chi connectivity index (χ0) is 16.3. The normalized spacial score (nSPS) is 11.6. The molecule has 0 saturated carbocycles. The van der Waals surface area contributed by atoms with E-state index in [1.54, 1.807) is 6.92 Å². The molecular formula is C14H17ClN2O4S. The summed E-state index contributed by atoms with van der Waals surface area (Å²) in [5, 5.41) is 4.08. The zero-order valence-electron chi connectivity index (χ0n) is 12.5. The average Bonchev–Trinajstić information content (AvgIpc) is 2.78. The fourth-order valence-corrected chi connectivity index (χ4v) is 3.45. The van der Waals surface area contributed by atoms with Gasteiger partial charge in [-0.05, 0) is 38.5 Å². The van der Waals surface area contributed by atoms with Crippen LogP contribution in [0.25, 0.3) is 0 Å². The lowest BCUT2D eigenvalue weighted by atomic mass is 10.1. The smallest absolute Gasteiger partial charge is 0.240 e. The van der Waals surface area contributed by atoms with Crippen molar-refractivity contribution in [3.63, 3.8) is 0 Å². The largest absolute Gasteiger partial charge is 0.495 e. The number of sulfonamides is 1. The van der Waals surface area contributed by atoms with Crippen LogP contribution < -0.4 is 9.46 Å². The molecule has 2 rings (SSSR count). The summed E-state index contributed by atoms with van der Waals surface area (Å²) in [6, 6.07) is 4.33. The molecule has 0 aliphatic rings. The molecule has 0 fully saturated rings. The van der Waals surface area contributed by atoms with Gasteiger partial charge in [0.25, 0.3) is 0 Å². The van der Waals surface area contributed by atoms with Gasteiger partial charge in [0.2, 0.25) is 10.0 Å². The lowest BCUT2D eigenvalue weighted by Crippen LogP contribution is -2.26. The average molecular weight is 345 g/mol. The van der Waals surface area contributed by atoms with Crippen molar-refractivity contribution in [2.45, 2.75) is 25.2 Å². The summed E-state index contributed by atoms with van der Waals surface area (Å²) in [5.74, 6) is 1.13. The molecule has 0 atom stereocenters. The van der Waals surface area contributed by atoms with Crippen molar-refractivity contribution in [3.05, 3.63) is 40.2 Å². The summed E-state index contributed by atoms with van der Waals surface area (Å²) in [7, 11) is -2.16. The van der Waals surface area contributed by atoms with E-state index in [1.165, 1.54) is 25.3 Å². The Labute approximate surface area is 134 Å². The number of rotatable bonds is 6. The van der Waals surface area contributed by atoms with Crippen molar-refractivity contribution < 1.29 is 17.7 Å². The van der Waals surface area contributed by atoms with Gasteiger partial charge in [0, 0.05) is 12.1 Å². The molecule has 0 unspecified atom stereocenters. The van der Waals surface area contributed by atoms with Gasteiger partial charge in [0.1, 0.15) is 11.5 Å². The molecule has 1 aromatic carbocycles. The molecule has 0 radical (unpaired) electrons. The Balaban J connectivity index is 2.07. The van der Waals surface area contributed by atoms with Crippen LogP contribution in [0, 0.1) is 13.8 Å². The maximum atomic E-state index is 12.2. The minimum atomic E-state index is -3.63. The maximum Gasteiger partial charge on any atom is 0.240 e.